The number of nitrogens with one attached hydrogen (secondary N) is 1. The topological polar surface area (TPSA) is 85.1 Å². The van der Waals surface area contributed by atoms with E-state index in [1.807, 2.05) is 0 Å². The fourth-order valence-electron chi connectivity index (χ4n) is 0.880. The Bertz CT molecular complexity index is 309. The van der Waals surface area contributed by atoms with Crippen molar-refractivity contribution in [2.24, 2.45) is 0 Å². The number of hydrogen-bond donors (Lipinski definition) is 3. The number of methoxy groups -OCH3 is 1. The summed E-state index contributed by atoms with van der Waals surface area (Å²) in [6, 6.07) is 4.95. The first-order chi connectivity index (χ1) is 5.65. The van der Waals surface area contributed by atoms with Gasteiger partial charge in [0.25, 0.3) is 0 Å². The van der Waals surface area contributed by atoms with Crippen LogP contribution in [0.4, 0.5) is 11.4 Å². The minimum atomic E-state index is 0.0276. The lowest BCUT2D eigenvalue weighted by Gasteiger charge is -2.06. The second-order valence-corrected chi connectivity index (χ2v) is 2.38. The van der Waals surface area contributed by atoms with E-state index < -0.39 is 0 Å². The van der Waals surface area contributed by atoms with Gasteiger partial charge in [-0.2, -0.15) is 0 Å². The van der Waals surface area contributed by atoms with E-state index in [4.69, 9.17) is 21.6 Å². The Morgan fingerprint density at radius 3 is 2.67 bits per heavy atom. The molecule has 0 atom stereocenters. The van der Waals surface area contributed by atoms with Gasteiger partial charge in [-0.15, -0.1) is 0 Å². The summed E-state index contributed by atoms with van der Waals surface area (Å²) in [7, 11) is 1.42. The molecule has 0 bridgehead atoms. The van der Waals surface area contributed by atoms with Gasteiger partial charge in [-0.25, -0.2) is 0 Å². The molecular weight excluding hydrogens is 154 g/mol. The Morgan fingerprint density at radius 2 is 2.08 bits per heavy atom. The zero-order chi connectivity index (χ0) is 9.14. The van der Waals surface area contributed by atoms with Gasteiger partial charge in [0.2, 0.25) is 5.90 Å². The highest BCUT2D eigenvalue weighted by molar-refractivity contribution is 5.97. The van der Waals surface area contributed by atoms with Crippen LogP contribution in [-0.2, 0) is 4.74 Å². The molecule has 1 aromatic carbocycles. The molecule has 0 saturated carbocycles. The van der Waals surface area contributed by atoms with Gasteiger partial charge in [-0.05, 0) is 18.2 Å². The summed E-state index contributed by atoms with van der Waals surface area (Å²) in [5, 5.41) is 7.36. The second kappa shape index (κ2) is 3.13. The minimum Gasteiger partial charge on any atom is -0.481 e. The summed E-state index contributed by atoms with van der Waals surface area (Å²) in [4.78, 5) is 0. The van der Waals surface area contributed by atoms with Crippen molar-refractivity contribution in [3.63, 3.8) is 0 Å². The van der Waals surface area contributed by atoms with E-state index in [0.717, 1.165) is 0 Å². The molecule has 0 fully saturated rings. The van der Waals surface area contributed by atoms with Crippen LogP contribution in [0, 0.1) is 5.41 Å². The minimum absolute atomic E-state index is 0.0276. The summed E-state index contributed by atoms with van der Waals surface area (Å²) in [6.45, 7) is 0. The lowest BCUT2D eigenvalue weighted by Crippen LogP contribution is -2.06. The molecule has 4 nitrogen and oxygen atoms in total. The third-order valence-electron chi connectivity index (χ3n) is 1.53. The van der Waals surface area contributed by atoms with Gasteiger partial charge < -0.3 is 16.2 Å². The van der Waals surface area contributed by atoms with Gasteiger partial charge >= 0.3 is 0 Å². The third kappa shape index (κ3) is 1.47. The van der Waals surface area contributed by atoms with E-state index in [2.05, 4.69) is 0 Å². The summed E-state index contributed by atoms with van der Waals surface area (Å²) in [6.07, 6.45) is 0. The van der Waals surface area contributed by atoms with E-state index in [-0.39, 0.29) is 5.90 Å². The average Bonchev–Trinajstić information content (AvgIpc) is 2.08. The molecule has 1 aromatic rings. The molecule has 4 heteroatoms. The van der Waals surface area contributed by atoms with E-state index >= 15 is 0 Å². The van der Waals surface area contributed by atoms with Crippen molar-refractivity contribution in [3.05, 3.63) is 23.8 Å². The smallest absolute Gasteiger partial charge is 0.215 e. The van der Waals surface area contributed by atoms with Crippen molar-refractivity contribution in [1.29, 1.82) is 5.41 Å². The first-order valence-electron chi connectivity index (χ1n) is 3.43. The fraction of sp³-hybridized carbons (Fsp3) is 0.125. The highest BCUT2D eigenvalue weighted by atomic mass is 16.5. The van der Waals surface area contributed by atoms with Crippen molar-refractivity contribution >= 4 is 17.3 Å². The van der Waals surface area contributed by atoms with Crippen molar-refractivity contribution in [2.45, 2.75) is 0 Å². The molecular formula is C8H11N3O. The maximum Gasteiger partial charge on any atom is 0.215 e. The zero-order valence-electron chi connectivity index (χ0n) is 6.79. The van der Waals surface area contributed by atoms with E-state index in [1.54, 1.807) is 18.2 Å². The van der Waals surface area contributed by atoms with Crippen LogP contribution in [0.5, 0.6) is 0 Å². The Hall–Kier alpha value is -1.71. The Labute approximate surface area is 70.6 Å². The summed E-state index contributed by atoms with van der Waals surface area (Å²) >= 11 is 0. The first kappa shape index (κ1) is 8.39. The second-order valence-electron chi connectivity index (χ2n) is 2.38. The zero-order valence-corrected chi connectivity index (χ0v) is 6.79. The summed E-state index contributed by atoms with van der Waals surface area (Å²) in [5.41, 5.74) is 12.7. The molecule has 0 aromatic heterocycles. The maximum atomic E-state index is 7.36. The number of nitrogens with two attached hydrogens (primary N) is 2. The van der Waals surface area contributed by atoms with Crippen LogP contribution in [0.25, 0.3) is 0 Å². The molecule has 0 aliphatic heterocycles. The fourth-order valence-corrected chi connectivity index (χ4v) is 0.880. The number of ether oxygens (including phenoxy) is 1. The molecule has 0 heterocycles. The molecule has 1 rings (SSSR count). The van der Waals surface area contributed by atoms with E-state index in [1.165, 1.54) is 7.11 Å². The van der Waals surface area contributed by atoms with Crippen LogP contribution in [-0.4, -0.2) is 13.0 Å². The van der Waals surface area contributed by atoms with Crippen LogP contribution in [0.15, 0.2) is 18.2 Å². The molecule has 0 amide bonds. The lowest BCUT2D eigenvalue weighted by atomic mass is 10.1. The average molecular weight is 165 g/mol. The van der Waals surface area contributed by atoms with Gasteiger partial charge in [0.15, 0.2) is 0 Å². The molecule has 0 aliphatic carbocycles. The monoisotopic (exact) mass is 165 g/mol. The number of nitrogen functional groups attached to an aromatic ring is 2. The largest absolute Gasteiger partial charge is 0.481 e. The maximum absolute atomic E-state index is 7.36. The molecule has 0 saturated heterocycles. The predicted molar refractivity (Wildman–Crippen MR) is 49.1 cm³/mol. The Morgan fingerprint density at radius 1 is 1.42 bits per heavy atom. The van der Waals surface area contributed by atoms with Crippen molar-refractivity contribution in [1.82, 2.24) is 0 Å². The highest BCUT2D eigenvalue weighted by Crippen LogP contribution is 2.15. The van der Waals surface area contributed by atoms with Crippen LogP contribution in [0.3, 0.4) is 0 Å². The highest BCUT2D eigenvalue weighted by Gasteiger charge is 2.05. The quantitative estimate of drug-likeness (QED) is 0.327. The molecule has 0 unspecified atom stereocenters. The number of hydrogen-bond acceptors (Lipinski definition) is 4. The molecule has 5 N–H and O–H groups in total. The van der Waals surface area contributed by atoms with Crippen LogP contribution in [0.1, 0.15) is 5.56 Å². The van der Waals surface area contributed by atoms with Gasteiger partial charge in [-0.3, -0.25) is 5.41 Å². The van der Waals surface area contributed by atoms with Crippen molar-refractivity contribution < 1.29 is 4.74 Å². The molecule has 0 aliphatic rings. The van der Waals surface area contributed by atoms with Crippen LogP contribution < -0.4 is 11.5 Å². The van der Waals surface area contributed by atoms with Gasteiger partial charge in [0.05, 0.1) is 12.7 Å². The van der Waals surface area contributed by atoms with Crippen molar-refractivity contribution in [2.75, 3.05) is 18.6 Å². The normalized spacial score (nSPS) is 9.42. The van der Waals surface area contributed by atoms with Gasteiger partial charge in [0, 0.05) is 11.4 Å². The number of anilines is 2. The molecule has 64 valence electrons. The molecule has 0 radical (unpaired) electrons. The SMILES string of the molecule is COC(=N)c1cc(N)ccc1N. The van der Waals surface area contributed by atoms with Gasteiger partial charge in [-0.1, -0.05) is 0 Å². The Balaban J connectivity index is 3.13. The standard InChI is InChI=1S/C8H11N3O/c1-12-8(11)6-4-5(9)2-3-7(6)10/h2-4,11H,9-10H2,1H3. The molecule has 0 spiro atoms. The van der Waals surface area contributed by atoms with Crippen molar-refractivity contribution in [3.8, 4) is 0 Å². The predicted octanol–water partition coefficient (Wildman–Crippen LogP) is 0.823. The first-order valence-corrected chi connectivity index (χ1v) is 3.43. The number of benzene rings is 1. The summed E-state index contributed by atoms with van der Waals surface area (Å²) in [5.74, 6) is 0.0276. The van der Waals surface area contributed by atoms with E-state index in [9.17, 15) is 0 Å². The molecule has 12 heavy (non-hydrogen) atoms. The summed E-state index contributed by atoms with van der Waals surface area (Å²) < 4.78 is 4.72. The van der Waals surface area contributed by atoms with Crippen LogP contribution >= 0.6 is 0 Å². The van der Waals surface area contributed by atoms with E-state index in [0.29, 0.717) is 16.9 Å². The Kier molecular flexibility index (Phi) is 2.19. The lowest BCUT2D eigenvalue weighted by molar-refractivity contribution is 0.401. The third-order valence-corrected chi connectivity index (χ3v) is 1.53. The van der Waals surface area contributed by atoms with Gasteiger partial charge in [0.1, 0.15) is 0 Å². The number of rotatable bonds is 1. The van der Waals surface area contributed by atoms with Crippen LogP contribution in [0.2, 0.25) is 0 Å².